The van der Waals surface area contributed by atoms with Crippen molar-refractivity contribution < 1.29 is 9.32 Å². The molecule has 146 valence electrons. The summed E-state index contributed by atoms with van der Waals surface area (Å²) in [5.74, 6) is 1.80. The second-order valence-corrected chi connectivity index (χ2v) is 7.17. The zero-order valence-corrected chi connectivity index (χ0v) is 16.1. The van der Waals surface area contributed by atoms with Gasteiger partial charge < -0.3 is 14.7 Å². The summed E-state index contributed by atoms with van der Waals surface area (Å²) >= 11 is 0. The van der Waals surface area contributed by atoms with Gasteiger partial charge in [0.05, 0.1) is 17.4 Å². The fourth-order valence-corrected chi connectivity index (χ4v) is 2.96. The Morgan fingerprint density at radius 2 is 2.14 bits per heavy atom. The van der Waals surface area contributed by atoms with Crippen LogP contribution in [0, 0.1) is 0 Å². The lowest BCUT2D eigenvalue weighted by atomic mass is 10.1. The monoisotopic (exact) mass is 380 g/mol. The van der Waals surface area contributed by atoms with Gasteiger partial charge in [-0.1, -0.05) is 35.5 Å². The van der Waals surface area contributed by atoms with Gasteiger partial charge in [-0.05, 0) is 25.8 Å². The van der Waals surface area contributed by atoms with Crippen LogP contribution in [0.15, 0.2) is 40.9 Å². The average molecular weight is 380 g/mol. The number of carbonyl (C=O) groups excluding carboxylic acids is 1. The molecular weight excluding hydrogens is 356 g/mol. The normalized spacial score (nSPS) is 14.6. The van der Waals surface area contributed by atoms with E-state index in [1.807, 2.05) is 43.3 Å². The number of rotatable bonds is 7. The van der Waals surface area contributed by atoms with E-state index in [1.54, 1.807) is 11.9 Å². The standard InChI is InChI=1S/C20H24N6O2/c1-13(16-12-17(24-23-16)14-6-4-3-5-7-14)26(2)20(27)21-11-10-18-22-19(28-25-18)15-8-9-15/h3-7,12-13,15H,8-11H2,1-2H3,(H,21,27)(H,23,24)/t13-/m1/s1. The van der Waals surface area contributed by atoms with Gasteiger partial charge in [0.1, 0.15) is 0 Å². The number of aromatic amines is 1. The third-order valence-corrected chi connectivity index (χ3v) is 5.05. The van der Waals surface area contributed by atoms with Gasteiger partial charge in [-0.2, -0.15) is 10.1 Å². The van der Waals surface area contributed by atoms with Gasteiger partial charge in [-0.25, -0.2) is 4.79 Å². The molecule has 2 amide bonds. The third kappa shape index (κ3) is 4.05. The minimum atomic E-state index is -0.158. The molecule has 0 unspecified atom stereocenters. The molecule has 3 aromatic rings. The molecule has 8 nitrogen and oxygen atoms in total. The minimum Gasteiger partial charge on any atom is -0.339 e. The van der Waals surface area contributed by atoms with Crippen LogP contribution in [0.1, 0.15) is 49.1 Å². The average Bonchev–Trinajstić information content (AvgIpc) is 3.26. The second kappa shape index (κ2) is 7.84. The largest absolute Gasteiger partial charge is 0.339 e. The summed E-state index contributed by atoms with van der Waals surface area (Å²) in [6, 6.07) is 11.6. The van der Waals surface area contributed by atoms with Crippen molar-refractivity contribution in [1.29, 1.82) is 0 Å². The van der Waals surface area contributed by atoms with E-state index in [0.717, 1.165) is 35.7 Å². The fraction of sp³-hybridized carbons (Fsp3) is 0.400. The first-order valence-corrected chi connectivity index (χ1v) is 9.55. The number of aromatic nitrogens is 4. The van der Waals surface area contributed by atoms with Crippen molar-refractivity contribution in [2.24, 2.45) is 0 Å². The molecule has 1 aromatic carbocycles. The lowest BCUT2D eigenvalue weighted by Gasteiger charge is -2.24. The molecule has 0 aliphatic heterocycles. The van der Waals surface area contributed by atoms with E-state index in [1.165, 1.54) is 0 Å². The van der Waals surface area contributed by atoms with Crippen LogP contribution < -0.4 is 5.32 Å². The van der Waals surface area contributed by atoms with Crippen LogP contribution in [-0.4, -0.2) is 44.9 Å². The SMILES string of the molecule is C[C@H](c1cc(-c2ccccc2)n[nH]1)N(C)C(=O)NCCc1noc(C2CC2)n1. The minimum absolute atomic E-state index is 0.142. The molecule has 0 saturated heterocycles. The Labute approximate surface area is 163 Å². The zero-order valence-electron chi connectivity index (χ0n) is 16.1. The molecule has 1 atom stereocenters. The first kappa shape index (κ1) is 18.2. The van der Waals surface area contributed by atoms with E-state index in [0.29, 0.717) is 24.7 Å². The molecule has 1 aliphatic carbocycles. The Morgan fingerprint density at radius 1 is 1.36 bits per heavy atom. The van der Waals surface area contributed by atoms with Gasteiger partial charge in [-0.15, -0.1) is 0 Å². The molecule has 2 N–H and O–H groups in total. The molecule has 0 bridgehead atoms. The molecule has 0 radical (unpaired) electrons. The predicted octanol–water partition coefficient (Wildman–Crippen LogP) is 3.28. The molecular formula is C20H24N6O2. The Balaban J connectivity index is 1.29. The van der Waals surface area contributed by atoms with Crippen LogP contribution in [-0.2, 0) is 6.42 Å². The van der Waals surface area contributed by atoms with Crippen LogP contribution >= 0.6 is 0 Å². The van der Waals surface area contributed by atoms with Gasteiger partial charge in [0.25, 0.3) is 0 Å². The van der Waals surface area contributed by atoms with Crippen LogP contribution in [0.3, 0.4) is 0 Å². The highest BCUT2D eigenvalue weighted by atomic mass is 16.5. The first-order valence-electron chi connectivity index (χ1n) is 9.55. The van der Waals surface area contributed by atoms with Crippen LogP contribution in [0.4, 0.5) is 4.79 Å². The van der Waals surface area contributed by atoms with Crippen LogP contribution in [0.2, 0.25) is 0 Å². The van der Waals surface area contributed by atoms with Crippen molar-refractivity contribution in [2.75, 3.05) is 13.6 Å². The summed E-state index contributed by atoms with van der Waals surface area (Å²) in [5.41, 5.74) is 2.78. The smallest absolute Gasteiger partial charge is 0.317 e. The highest BCUT2D eigenvalue weighted by molar-refractivity contribution is 5.74. The van der Waals surface area contributed by atoms with E-state index in [2.05, 4.69) is 25.7 Å². The number of nitrogens with zero attached hydrogens (tertiary/aromatic N) is 4. The van der Waals surface area contributed by atoms with Crippen LogP contribution in [0.5, 0.6) is 0 Å². The topological polar surface area (TPSA) is 99.9 Å². The molecule has 0 spiro atoms. The molecule has 1 saturated carbocycles. The number of hydrogen-bond donors (Lipinski definition) is 2. The molecule has 1 fully saturated rings. The van der Waals surface area contributed by atoms with Gasteiger partial charge in [0.2, 0.25) is 5.89 Å². The number of H-pyrrole nitrogens is 1. The van der Waals surface area contributed by atoms with Crippen LogP contribution in [0.25, 0.3) is 11.3 Å². The van der Waals surface area contributed by atoms with Crippen molar-refractivity contribution in [2.45, 2.75) is 38.1 Å². The first-order chi connectivity index (χ1) is 13.6. The van der Waals surface area contributed by atoms with Crippen molar-refractivity contribution in [1.82, 2.24) is 30.6 Å². The van der Waals surface area contributed by atoms with Crippen molar-refractivity contribution in [3.05, 3.63) is 53.8 Å². The summed E-state index contributed by atoms with van der Waals surface area (Å²) in [4.78, 5) is 18.5. The quantitative estimate of drug-likeness (QED) is 0.655. The number of carbonyl (C=O) groups is 1. The number of benzene rings is 1. The van der Waals surface area contributed by atoms with Crippen molar-refractivity contribution >= 4 is 6.03 Å². The maximum Gasteiger partial charge on any atom is 0.317 e. The molecule has 8 heteroatoms. The van der Waals surface area contributed by atoms with Crippen molar-refractivity contribution in [3.63, 3.8) is 0 Å². The summed E-state index contributed by atoms with van der Waals surface area (Å²) in [6.45, 7) is 2.42. The Bertz CT molecular complexity index is 931. The summed E-state index contributed by atoms with van der Waals surface area (Å²) in [5, 5.41) is 14.3. The summed E-state index contributed by atoms with van der Waals surface area (Å²) in [6.07, 6.45) is 2.80. The second-order valence-electron chi connectivity index (χ2n) is 7.17. The van der Waals surface area contributed by atoms with Gasteiger partial charge in [0.15, 0.2) is 5.82 Å². The molecule has 2 heterocycles. The zero-order chi connectivity index (χ0) is 19.5. The van der Waals surface area contributed by atoms with E-state index < -0.39 is 0 Å². The Morgan fingerprint density at radius 3 is 2.89 bits per heavy atom. The highest BCUT2D eigenvalue weighted by Gasteiger charge is 2.29. The molecule has 1 aliphatic rings. The Hall–Kier alpha value is -3.16. The van der Waals surface area contributed by atoms with Gasteiger partial charge in [-0.3, -0.25) is 5.10 Å². The van der Waals surface area contributed by atoms with Gasteiger partial charge >= 0.3 is 6.03 Å². The van der Waals surface area contributed by atoms with E-state index in [-0.39, 0.29) is 12.1 Å². The molecule has 28 heavy (non-hydrogen) atoms. The van der Waals surface area contributed by atoms with E-state index in [9.17, 15) is 4.79 Å². The van der Waals surface area contributed by atoms with E-state index >= 15 is 0 Å². The summed E-state index contributed by atoms with van der Waals surface area (Å²) < 4.78 is 5.23. The van der Waals surface area contributed by atoms with Crippen molar-refractivity contribution in [3.8, 4) is 11.3 Å². The lowest BCUT2D eigenvalue weighted by molar-refractivity contribution is 0.193. The maximum absolute atomic E-state index is 12.5. The molecule has 4 rings (SSSR count). The fourth-order valence-electron chi connectivity index (χ4n) is 2.96. The number of amides is 2. The van der Waals surface area contributed by atoms with E-state index in [4.69, 9.17) is 4.52 Å². The number of hydrogen-bond acceptors (Lipinski definition) is 5. The summed E-state index contributed by atoms with van der Waals surface area (Å²) in [7, 11) is 1.77. The number of urea groups is 1. The third-order valence-electron chi connectivity index (χ3n) is 5.05. The number of nitrogens with one attached hydrogen (secondary N) is 2. The van der Waals surface area contributed by atoms with Gasteiger partial charge in [0, 0.05) is 31.5 Å². The maximum atomic E-state index is 12.5. The Kier molecular flexibility index (Phi) is 5.10. The molecule has 2 aromatic heterocycles. The lowest BCUT2D eigenvalue weighted by Crippen LogP contribution is -2.39. The predicted molar refractivity (Wildman–Crippen MR) is 104 cm³/mol. The highest BCUT2D eigenvalue weighted by Crippen LogP contribution is 2.38.